The van der Waals surface area contributed by atoms with Crippen molar-refractivity contribution in [1.29, 1.82) is 0 Å². The number of hydrogen-bond acceptors (Lipinski definition) is 6. The second-order valence-corrected chi connectivity index (χ2v) is 10.6. The Kier molecular flexibility index (Phi) is 12.4. The molecule has 0 bridgehead atoms. The van der Waals surface area contributed by atoms with E-state index >= 15 is 0 Å². The third kappa shape index (κ3) is 9.23. The van der Waals surface area contributed by atoms with E-state index in [0.717, 1.165) is 31.6 Å². The molecule has 5 atom stereocenters. The van der Waals surface area contributed by atoms with Crippen molar-refractivity contribution >= 4 is 23.0 Å². The Labute approximate surface area is 222 Å². The van der Waals surface area contributed by atoms with Crippen molar-refractivity contribution in [2.45, 2.75) is 115 Å². The van der Waals surface area contributed by atoms with E-state index in [1.807, 2.05) is 44.2 Å². The molecule has 3 rings (SSSR count). The molecule has 2 aliphatic heterocycles. The molecule has 2 N–H and O–H groups in total. The Morgan fingerprint density at radius 3 is 2.36 bits per heavy atom. The molecule has 0 unspecified atom stereocenters. The SMILES string of the molecule is CCCCCCOC[C@@H](OCCCCCC)[C@H]1O[C@@H]2OC(C)(C)O[C@@H]2[C@H]1NC(=S)Nc1ccccc1. The lowest BCUT2D eigenvalue weighted by molar-refractivity contribution is -0.222. The summed E-state index contributed by atoms with van der Waals surface area (Å²) >= 11 is 5.67. The zero-order valence-electron chi connectivity index (χ0n) is 22.5. The molecule has 0 aromatic heterocycles. The lowest BCUT2D eigenvalue weighted by Crippen LogP contribution is -2.54. The summed E-state index contributed by atoms with van der Waals surface area (Å²) in [6.07, 6.45) is 7.90. The van der Waals surface area contributed by atoms with Gasteiger partial charge in [0.05, 0.1) is 12.6 Å². The number of ether oxygens (including phenoxy) is 5. The van der Waals surface area contributed by atoms with E-state index < -0.39 is 12.1 Å². The topological polar surface area (TPSA) is 70.2 Å². The monoisotopic (exact) mass is 522 g/mol. The molecule has 0 spiro atoms. The van der Waals surface area contributed by atoms with E-state index in [1.165, 1.54) is 32.1 Å². The first-order valence-electron chi connectivity index (χ1n) is 13.8. The molecule has 7 nitrogen and oxygen atoms in total. The highest BCUT2D eigenvalue weighted by Gasteiger charge is 2.57. The van der Waals surface area contributed by atoms with Crippen LogP contribution in [-0.2, 0) is 23.7 Å². The number of unbranched alkanes of at least 4 members (excludes halogenated alkanes) is 6. The van der Waals surface area contributed by atoms with Gasteiger partial charge in [-0.25, -0.2) is 0 Å². The fourth-order valence-corrected chi connectivity index (χ4v) is 4.94. The van der Waals surface area contributed by atoms with Crippen molar-refractivity contribution in [3.05, 3.63) is 30.3 Å². The van der Waals surface area contributed by atoms with Gasteiger partial charge in [0, 0.05) is 18.9 Å². The molecule has 1 aromatic rings. The van der Waals surface area contributed by atoms with Gasteiger partial charge in [-0.05, 0) is 51.0 Å². The Balaban J connectivity index is 1.66. The molecule has 2 heterocycles. The van der Waals surface area contributed by atoms with Gasteiger partial charge < -0.3 is 34.3 Å². The summed E-state index contributed by atoms with van der Waals surface area (Å²) in [4.78, 5) is 0. The number of rotatable bonds is 16. The minimum atomic E-state index is -0.721. The van der Waals surface area contributed by atoms with Crippen LogP contribution in [0.4, 0.5) is 5.69 Å². The van der Waals surface area contributed by atoms with Gasteiger partial charge in [-0.1, -0.05) is 70.6 Å². The van der Waals surface area contributed by atoms with Crippen molar-refractivity contribution in [3.63, 3.8) is 0 Å². The normalized spacial score (nSPS) is 25.4. The molecule has 2 aliphatic rings. The smallest absolute Gasteiger partial charge is 0.189 e. The molecule has 204 valence electrons. The molecule has 0 radical (unpaired) electrons. The van der Waals surface area contributed by atoms with Crippen LogP contribution in [0, 0.1) is 0 Å². The summed E-state index contributed by atoms with van der Waals surface area (Å²) in [6, 6.07) is 9.63. The van der Waals surface area contributed by atoms with Gasteiger partial charge in [0.2, 0.25) is 0 Å². The van der Waals surface area contributed by atoms with Gasteiger partial charge in [-0.3, -0.25) is 0 Å². The molecular weight excluding hydrogens is 476 g/mol. The van der Waals surface area contributed by atoms with Gasteiger partial charge in [0.25, 0.3) is 0 Å². The predicted molar refractivity (Wildman–Crippen MR) is 147 cm³/mol. The number of fused-ring (bicyclic) bond motifs is 1. The zero-order chi connectivity index (χ0) is 25.8. The van der Waals surface area contributed by atoms with E-state index in [0.29, 0.717) is 18.3 Å². The van der Waals surface area contributed by atoms with Crippen LogP contribution in [0.5, 0.6) is 0 Å². The lowest BCUT2D eigenvalue weighted by atomic mass is 10.0. The molecular formula is C28H46N2O5S. The predicted octanol–water partition coefficient (Wildman–Crippen LogP) is 5.78. The number of para-hydroxylation sites is 1. The third-order valence-corrected chi connectivity index (χ3v) is 6.76. The minimum absolute atomic E-state index is 0.246. The summed E-state index contributed by atoms with van der Waals surface area (Å²) in [6.45, 7) is 10.1. The maximum Gasteiger partial charge on any atom is 0.189 e. The average Bonchev–Trinajstić information content (AvgIpc) is 3.32. The summed E-state index contributed by atoms with van der Waals surface area (Å²) in [5.41, 5.74) is 0.921. The van der Waals surface area contributed by atoms with Crippen molar-refractivity contribution in [2.24, 2.45) is 0 Å². The van der Waals surface area contributed by atoms with Gasteiger partial charge in [-0.2, -0.15) is 0 Å². The van der Waals surface area contributed by atoms with Gasteiger partial charge >= 0.3 is 0 Å². The number of anilines is 1. The van der Waals surface area contributed by atoms with Crippen LogP contribution in [0.25, 0.3) is 0 Å². The first-order chi connectivity index (χ1) is 17.4. The maximum atomic E-state index is 6.42. The second-order valence-electron chi connectivity index (χ2n) is 10.2. The van der Waals surface area contributed by atoms with Gasteiger partial charge in [0.1, 0.15) is 18.3 Å². The van der Waals surface area contributed by atoms with E-state index in [1.54, 1.807) is 0 Å². The van der Waals surface area contributed by atoms with E-state index in [9.17, 15) is 0 Å². The molecule has 0 amide bonds. The van der Waals surface area contributed by atoms with Crippen molar-refractivity contribution in [3.8, 4) is 0 Å². The Morgan fingerprint density at radius 2 is 1.67 bits per heavy atom. The number of nitrogens with one attached hydrogen (secondary N) is 2. The molecule has 2 fully saturated rings. The first-order valence-corrected chi connectivity index (χ1v) is 14.2. The number of hydrogen-bond donors (Lipinski definition) is 2. The Bertz CT molecular complexity index is 766. The van der Waals surface area contributed by atoms with Crippen molar-refractivity contribution < 1.29 is 23.7 Å². The Hall–Kier alpha value is -1.29. The van der Waals surface area contributed by atoms with Crippen LogP contribution in [-0.4, -0.2) is 61.4 Å². The van der Waals surface area contributed by atoms with Crippen LogP contribution in [0.2, 0.25) is 0 Å². The third-order valence-electron chi connectivity index (χ3n) is 6.54. The highest BCUT2D eigenvalue weighted by atomic mass is 32.1. The summed E-state index contributed by atoms with van der Waals surface area (Å²) < 4.78 is 31.2. The highest BCUT2D eigenvalue weighted by Crippen LogP contribution is 2.39. The molecule has 0 aliphatic carbocycles. The quantitative estimate of drug-likeness (QED) is 0.209. The number of benzene rings is 1. The lowest BCUT2D eigenvalue weighted by Gasteiger charge is -2.32. The van der Waals surface area contributed by atoms with Crippen LogP contribution >= 0.6 is 12.2 Å². The fourth-order valence-electron chi connectivity index (χ4n) is 4.69. The zero-order valence-corrected chi connectivity index (χ0v) is 23.3. The van der Waals surface area contributed by atoms with E-state index in [2.05, 4.69) is 24.5 Å². The second kappa shape index (κ2) is 15.2. The highest BCUT2D eigenvalue weighted by molar-refractivity contribution is 7.80. The van der Waals surface area contributed by atoms with Crippen molar-refractivity contribution in [1.82, 2.24) is 5.32 Å². The van der Waals surface area contributed by atoms with E-state index in [4.69, 9.17) is 35.9 Å². The Morgan fingerprint density at radius 1 is 0.972 bits per heavy atom. The molecule has 2 saturated heterocycles. The van der Waals surface area contributed by atoms with Crippen LogP contribution in [0.1, 0.15) is 79.1 Å². The number of thiocarbonyl (C=S) groups is 1. The minimum Gasteiger partial charge on any atom is -0.379 e. The fraction of sp³-hybridized carbons (Fsp3) is 0.750. The maximum absolute atomic E-state index is 6.42. The first kappa shape index (κ1) is 29.3. The summed E-state index contributed by atoms with van der Waals surface area (Å²) in [5.74, 6) is -0.721. The molecule has 0 saturated carbocycles. The molecule has 36 heavy (non-hydrogen) atoms. The van der Waals surface area contributed by atoms with Gasteiger partial charge in [-0.15, -0.1) is 0 Å². The summed E-state index contributed by atoms with van der Waals surface area (Å²) in [7, 11) is 0. The molecule has 8 heteroatoms. The largest absolute Gasteiger partial charge is 0.379 e. The molecule has 1 aromatic carbocycles. The van der Waals surface area contributed by atoms with Crippen LogP contribution in [0.3, 0.4) is 0 Å². The van der Waals surface area contributed by atoms with Crippen LogP contribution in [0.15, 0.2) is 30.3 Å². The van der Waals surface area contributed by atoms with Crippen molar-refractivity contribution in [2.75, 3.05) is 25.1 Å². The standard InChI is InChI=1S/C28H46N2O5S/c1-5-7-9-14-18-31-20-22(32-19-15-10-8-6-2)24-23(25-26(33-24)35-28(3,4)34-25)30-27(36)29-21-16-12-11-13-17-21/h11-13,16-17,22-26H,5-10,14-15,18-20H2,1-4H3,(H2,29,30,36)/t22-,23+,24-,25-,26-/m1/s1. The van der Waals surface area contributed by atoms with E-state index in [-0.39, 0.29) is 24.4 Å². The van der Waals surface area contributed by atoms with Crippen LogP contribution < -0.4 is 10.6 Å². The summed E-state index contributed by atoms with van der Waals surface area (Å²) in [5, 5.41) is 7.22. The average molecular weight is 523 g/mol. The van der Waals surface area contributed by atoms with Gasteiger partial charge in [0.15, 0.2) is 17.2 Å².